The van der Waals surface area contributed by atoms with Crippen molar-refractivity contribution in [1.29, 1.82) is 0 Å². The molecule has 1 saturated carbocycles. The molecule has 2 aromatic rings. The molecular formula is C24H32N4O. The Bertz CT molecular complexity index is 802. The van der Waals surface area contributed by atoms with Gasteiger partial charge in [0.15, 0.2) is 5.72 Å². The van der Waals surface area contributed by atoms with Crippen LogP contribution in [0, 0.1) is 5.92 Å². The van der Waals surface area contributed by atoms with Crippen molar-refractivity contribution in [3.8, 4) is 6.01 Å². The van der Waals surface area contributed by atoms with Crippen LogP contribution in [0.3, 0.4) is 0 Å². The van der Waals surface area contributed by atoms with Gasteiger partial charge in [-0.3, -0.25) is 4.90 Å². The zero-order valence-electron chi connectivity index (χ0n) is 17.2. The fraction of sp³-hybridized carbons (Fsp3) is 0.583. The van der Waals surface area contributed by atoms with Crippen molar-refractivity contribution in [2.75, 3.05) is 26.2 Å². The highest BCUT2D eigenvalue weighted by molar-refractivity contribution is 5.39. The second-order valence-corrected chi connectivity index (χ2v) is 8.79. The molecule has 5 nitrogen and oxygen atoms in total. The molecule has 5 rings (SSSR count). The Morgan fingerprint density at radius 1 is 0.931 bits per heavy atom. The summed E-state index contributed by atoms with van der Waals surface area (Å²) >= 11 is 0. The summed E-state index contributed by atoms with van der Waals surface area (Å²) < 4.78 is 6.72. The van der Waals surface area contributed by atoms with Gasteiger partial charge in [0.1, 0.15) is 0 Å². The van der Waals surface area contributed by atoms with Crippen LogP contribution in [0.4, 0.5) is 0 Å². The highest BCUT2D eigenvalue weighted by Gasteiger charge is 2.48. The fourth-order valence-electron chi connectivity index (χ4n) is 5.86. The van der Waals surface area contributed by atoms with E-state index in [1.165, 1.54) is 49.7 Å². The molecule has 3 aliphatic rings. The molecule has 1 aromatic heterocycles. The van der Waals surface area contributed by atoms with Gasteiger partial charge in [0.2, 0.25) is 0 Å². The Morgan fingerprint density at radius 3 is 2.48 bits per heavy atom. The molecule has 0 spiro atoms. The number of aromatic nitrogens is 2. The van der Waals surface area contributed by atoms with Crippen LogP contribution in [0.25, 0.3) is 0 Å². The van der Waals surface area contributed by atoms with Crippen molar-refractivity contribution in [3.63, 3.8) is 0 Å². The van der Waals surface area contributed by atoms with E-state index in [0.29, 0.717) is 11.9 Å². The molecule has 29 heavy (non-hydrogen) atoms. The van der Waals surface area contributed by atoms with E-state index in [2.05, 4.69) is 44.5 Å². The maximum Gasteiger partial charge on any atom is 0.318 e. The summed E-state index contributed by atoms with van der Waals surface area (Å²) in [7, 11) is 0. The average Bonchev–Trinajstić information content (AvgIpc) is 2.81. The monoisotopic (exact) mass is 392 g/mol. The van der Waals surface area contributed by atoms with E-state index >= 15 is 0 Å². The third-order valence-corrected chi connectivity index (χ3v) is 7.22. The van der Waals surface area contributed by atoms with Crippen LogP contribution < -0.4 is 10.1 Å². The first-order chi connectivity index (χ1) is 14.4. The Kier molecular flexibility index (Phi) is 5.51. The van der Waals surface area contributed by atoms with Crippen molar-refractivity contribution >= 4 is 0 Å². The number of hydrogen-bond donors (Lipinski definition) is 1. The summed E-state index contributed by atoms with van der Waals surface area (Å²) in [6.45, 7) is 3.95. The molecule has 1 aromatic carbocycles. The highest BCUT2D eigenvalue weighted by Crippen LogP contribution is 2.50. The molecular weight excluding hydrogens is 360 g/mol. The zero-order valence-corrected chi connectivity index (χ0v) is 17.2. The second-order valence-electron chi connectivity index (χ2n) is 8.79. The largest absolute Gasteiger partial charge is 0.437 e. The first kappa shape index (κ1) is 19.0. The van der Waals surface area contributed by atoms with Crippen LogP contribution in [-0.4, -0.2) is 41.0 Å². The lowest BCUT2D eigenvalue weighted by Crippen LogP contribution is -2.59. The summed E-state index contributed by atoms with van der Waals surface area (Å²) in [6, 6.07) is 11.4. The molecule has 5 heteroatoms. The van der Waals surface area contributed by atoms with Gasteiger partial charge in [0.25, 0.3) is 0 Å². The van der Waals surface area contributed by atoms with E-state index in [0.717, 1.165) is 38.5 Å². The molecule has 0 radical (unpaired) electrons. The number of fused-ring (bicyclic) bond motifs is 1. The first-order valence-corrected chi connectivity index (χ1v) is 11.4. The second kappa shape index (κ2) is 8.41. The normalized spacial score (nSPS) is 28.6. The number of hydrogen-bond acceptors (Lipinski definition) is 5. The van der Waals surface area contributed by atoms with Crippen LogP contribution in [-0.2, 0) is 5.72 Å². The highest BCUT2D eigenvalue weighted by atomic mass is 16.5. The minimum atomic E-state index is -0.467. The van der Waals surface area contributed by atoms with E-state index in [1.54, 1.807) is 12.4 Å². The van der Waals surface area contributed by atoms with E-state index in [4.69, 9.17) is 4.74 Å². The predicted octanol–water partition coefficient (Wildman–Crippen LogP) is 4.07. The van der Waals surface area contributed by atoms with Crippen LogP contribution in [0.15, 0.2) is 42.7 Å². The Balaban J connectivity index is 1.56. The first-order valence-electron chi connectivity index (χ1n) is 11.4. The van der Waals surface area contributed by atoms with Crippen LogP contribution >= 0.6 is 0 Å². The van der Waals surface area contributed by atoms with Gasteiger partial charge in [-0.25, -0.2) is 9.97 Å². The summed E-state index contributed by atoms with van der Waals surface area (Å²) in [5.41, 5.74) is 2.38. The van der Waals surface area contributed by atoms with Crippen LogP contribution in [0.1, 0.15) is 62.0 Å². The molecule has 2 atom stereocenters. The Labute approximate surface area is 173 Å². The molecule has 2 fully saturated rings. The average molecular weight is 393 g/mol. The third kappa shape index (κ3) is 3.66. The molecule has 2 aliphatic carbocycles. The summed E-state index contributed by atoms with van der Waals surface area (Å²) in [5, 5.41) is 3.49. The maximum atomic E-state index is 6.72. The lowest BCUT2D eigenvalue weighted by Gasteiger charge is -2.50. The molecule has 154 valence electrons. The number of rotatable bonds is 4. The van der Waals surface area contributed by atoms with Crippen molar-refractivity contribution in [1.82, 2.24) is 20.2 Å². The molecule has 1 saturated heterocycles. The maximum absolute atomic E-state index is 6.72. The summed E-state index contributed by atoms with van der Waals surface area (Å²) in [6.07, 6.45) is 12.7. The van der Waals surface area contributed by atoms with Gasteiger partial charge in [-0.05, 0) is 42.7 Å². The minimum Gasteiger partial charge on any atom is -0.437 e. The number of nitrogens with one attached hydrogen (secondary N) is 1. The van der Waals surface area contributed by atoms with Gasteiger partial charge >= 0.3 is 6.01 Å². The molecule has 1 aliphatic heterocycles. The van der Waals surface area contributed by atoms with E-state index in [9.17, 15) is 0 Å². The van der Waals surface area contributed by atoms with Crippen LogP contribution in [0.2, 0.25) is 0 Å². The topological polar surface area (TPSA) is 50.3 Å². The van der Waals surface area contributed by atoms with Crippen molar-refractivity contribution < 1.29 is 4.74 Å². The zero-order chi connectivity index (χ0) is 19.5. The van der Waals surface area contributed by atoms with Crippen molar-refractivity contribution in [2.45, 2.75) is 56.6 Å². The van der Waals surface area contributed by atoms with Gasteiger partial charge in [-0.15, -0.1) is 0 Å². The molecule has 2 heterocycles. The fourth-order valence-corrected chi connectivity index (χ4v) is 5.86. The molecule has 0 bridgehead atoms. The van der Waals surface area contributed by atoms with E-state index in [-0.39, 0.29) is 0 Å². The van der Waals surface area contributed by atoms with Gasteiger partial charge in [0.05, 0.1) is 0 Å². The van der Waals surface area contributed by atoms with Crippen molar-refractivity contribution in [3.05, 3.63) is 53.9 Å². The number of benzene rings is 1. The summed E-state index contributed by atoms with van der Waals surface area (Å²) in [5.74, 6) is 1.47. The quantitative estimate of drug-likeness (QED) is 0.850. The van der Waals surface area contributed by atoms with Crippen molar-refractivity contribution in [2.24, 2.45) is 5.92 Å². The Morgan fingerprint density at radius 2 is 1.69 bits per heavy atom. The van der Waals surface area contributed by atoms with Crippen LogP contribution in [0.5, 0.6) is 6.01 Å². The lowest BCUT2D eigenvalue weighted by molar-refractivity contribution is -0.118. The Hall–Kier alpha value is -1.98. The van der Waals surface area contributed by atoms with Gasteiger partial charge in [-0.2, -0.15) is 0 Å². The van der Waals surface area contributed by atoms with Gasteiger partial charge in [-0.1, -0.05) is 43.5 Å². The molecule has 2 unspecified atom stereocenters. The summed E-state index contributed by atoms with van der Waals surface area (Å²) in [4.78, 5) is 11.4. The SMILES string of the molecule is c1cnc(OC2(N3CCNCC3)CCC(C3CCCCC3)c3ccccc32)nc1. The molecule has 0 amide bonds. The number of ether oxygens (including phenoxy) is 1. The van der Waals surface area contributed by atoms with E-state index < -0.39 is 5.72 Å². The molecule has 1 N–H and O–H groups in total. The van der Waals surface area contributed by atoms with Gasteiger partial charge in [0, 0.05) is 50.6 Å². The minimum absolute atomic E-state index is 0.467. The van der Waals surface area contributed by atoms with Gasteiger partial charge < -0.3 is 10.1 Å². The smallest absolute Gasteiger partial charge is 0.318 e. The number of nitrogens with zero attached hydrogens (tertiary/aromatic N) is 3. The third-order valence-electron chi connectivity index (χ3n) is 7.22. The predicted molar refractivity (Wildman–Crippen MR) is 114 cm³/mol. The lowest BCUT2D eigenvalue weighted by atomic mass is 9.68. The standard InChI is InChI=1S/C24H32N4O/c1-2-7-19(8-3-1)20-11-12-24(28-17-15-25-16-18-28,22-10-5-4-9-21(20)22)29-23-26-13-6-14-27-23/h4-6,9-10,13-14,19-20,25H,1-3,7-8,11-12,15-18H2. The number of piperazine rings is 1. The van der Waals surface area contributed by atoms with E-state index in [1.807, 2.05) is 6.07 Å².